The Labute approximate surface area is 130 Å². The maximum absolute atomic E-state index is 13.1. The Kier molecular flexibility index (Phi) is 4.36. The zero-order valence-corrected chi connectivity index (χ0v) is 13.3. The molecule has 1 unspecified atom stereocenters. The zero-order valence-electron chi connectivity index (χ0n) is 13.3. The van der Waals surface area contributed by atoms with Gasteiger partial charge in [-0.05, 0) is 32.1 Å². The van der Waals surface area contributed by atoms with Crippen molar-refractivity contribution in [3.63, 3.8) is 0 Å². The van der Waals surface area contributed by atoms with E-state index in [0.717, 1.165) is 51.5 Å². The van der Waals surface area contributed by atoms with Crippen LogP contribution in [0.4, 0.5) is 0 Å². The molecule has 0 radical (unpaired) electrons. The monoisotopic (exact) mass is 307 g/mol. The summed E-state index contributed by atoms with van der Waals surface area (Å²) in [5.41, 5.74) is -0.160. The molecule has 3 rings (SSSR count). The van der Waals surface area contributed by atoms with E-state index >= 15 is 0 Å². The molecule has 22 heavy (non-hydrogen) atoms. The summed E-state index contributed by atoms with van der Waals surface area (Å²) in [7, 11) is 0. The van der Waals surface area contributed by atoms with Gasteiger partial charge in [-0.15, -0.1) is 5.10 Å². The van der Waals surface area contributed by atoms with Crippen molar-refractivity contribution in [2.45, 2.75) is 64.2 Å². The molecule has 1 saturated carbocycles. The summed E-state index contributed by atoms with van der Waals surface area (Å²) in [6, 6.07) is 0. The molecule has 0 bridgehead atoms. The van der Waals surface area contributed by atoms with E-state index in [1.807, 2.05) is 4.90 Å². The SMILES string of the molecule is CCC1(C(=O)N2CCCC(c3n[nH]c(=O)o3)C2)CCCCC1. The number of aromatic nitrogens is 2. The average Bonchev–Trinajstić information content (AvgIpc) is 3.01. The number of nitrogens with one attached hydrogen (secondary N) is 1. The van der Waals surface area contributed by atoms with Crippen LogP contribution in [0, 0.1) is 5.41 Å². The number of carbonyl (C=O) groups excluding carboxylic acids is 1. The van der Waals surface area contributed by atoms with E-state index < -0.39 is 5.76 Å². The molecule has 1 N–H and O–H groups in total. The minimum absolute atomic E-state index is 0.0362. The Bertz CT molecular complexity index is 571. The fraction of sp³-hybridized carbons (Fsp3) is 0.812. The highest BCUT2D eigenvalue weighted by atomic mass is 16.4. The molecule has 0 aromatic carbocycles. The van der Waals surface area contributed by atoms with Crippen molar-refractivity contribution in [1.29, 1.82) is 0 Å². The lowest BCUT2D eigenvalue weighted by Gasteiger charge is -2.41. The molecular weight excluding hydrogens is 282 g/mol. The van der Waals surface area contributed by atoms with Gasteiger partial charge in [0.05, 0.1) is 5.92 Å². The van der Waals surface area contributed by atoms with Crippen LogP contribution >= 0.6 is 0 Å². The summed E-state index contributed by atoms with van der Waals surface area (Å²) in [4.78, 5) is 26.2. The topological polar surface area (TPSA) is 79.2 Å². The standard InChI is InChI=1S/C16H25N3O3/c1-2-16(8-4-3-5-9-16)14(20)19-10-6-7-12(11-19)13-17-18-15(21)22-13/h12H,2-11H2,1H3,(H,18,21). The average molecular weight is 307 g/mol. The van der Waals surface area contributed by atoms with Gasteiger partial charge in [0.15, 0.2) is 0 Å². The van der Waals surface area contributed by atoms with E-state index in [1.165, 1.54) is 6.42 Å². The third-order valence-electron chi connectivity index (χ3n) is 5.45. The van der Waals surface area contributed by atoms with Gasteiger partial charge < -0.3 is 9.32 Å². The second kappa shape index (κ2) is 6.26. The van der Waals surface area contributed by atoms with E-state index in [-0.39, 0.29) is 11.3 Å². The first-order valence-corrected chi connectivity index (χ1v) is 8.49. The van der Waals surface area contributed by atoms with Crippen LogP contribution in [0.3, 0.4) is 0 Å². The smallest absolute Gasteiger partial charge is 0.392 e. The van der Waals surface area contributed by atoms with Crippen molar-refractivity contribution in [2.75, 3.05) is 13.1 Å². The van der Waals surface area contributed by atoms with Gasteiger partial charge in [-0.2, -0.15) is 0 Å². The number of carbonyl (C=O) groups is 1. The van der Waals surface area contributed by atoms with Gasteiger partial charge in [0.25, 0.3) is 0 Å². The predicted molar refractivity (Wildman–Crippen MR) is 81.5 cm³/mol. The second-order valence-corrected chi connectivity index (χ2v) is 6.74. The first kappa shape index (κ1) is 15.3. The molecule has 2 heterocycles. The number of likely N-dealkylation sites (tertiary alicyclic amines) is 1. The summed E-state index contributed by atoms with van der Waals surface area (Å²) in [6.07, 6.45) is 8.36. The molecule has 0 spiro atoms. The fourth-order valence-corrected chi connectivity index (χ4v) is 4.06. The number of rotatable bonds is 3. The number of aromatic amines is 1. The third-order valence-corrected chi connectivity index (χ3v) is 5.45. The molecular formula is C16H25N3O3. The molecule has 122 valence electrons. The van der Waals surface area contributed by atoms with Crippen LogP contribution < -0.4 is 5.76 Å². The summed E-state index contributed by atoms with van der Waals surface area (Å²) in [5, 5.41) is 6.26. The van der Waals surface area contributed by atoms with Crippen LogP contribution in [-0.2, 0) is 4.79 Å². The van der Waals surface area contributed by atoms with Crippen LogP contribution in [0.25, 0.3) is 0 Å². The highest BCUT2D eigenvalue weighted by Crippen LogP contribution is 2.41. The zero-order chi connectivity index (χ0) is 15.6. The molecule has 2 fully saturated rings. The normalized spacial score (nSPS) is 25.1. The Balaban J connectivity index is 1.73. The maximum Gasteiger partial charge on any atom is 0.434 e. The number of hydrogen-bond acceptors (Lipinski definition) is 4. The first-order valence-electron chi connectivity index (χ1n) is 8.49. The largest absolute Gasteiger partial charge is 0.434 e. The molecule has 1 amide bonds. The van der Waals surface area contributed by atoms with Gasteiger partial charge >= 0.3 is 5.76 Å². The van der Waals surface area contributed by atoms with Gasteiger partial charge in [-0.25, -0.2) is 9.89 Å². The number of amides is 1. The van der Waals surface area contributed by atoms with E-state index in [4.69, 9.17) is 4.42 Å². The summed E-state index contributed by atoms with van der Waals surface area (Å²) < 4.78 is 5.09. The Morgan fingerprint density at radius 2 is 2.14 bits per heavy atom. The lowest BCUT2D eigenvalue weighted by Crippen LogP contribution is -2.48. The van der Waals surface area contributed by atoms with Gasteiger partial charge in [0.1, 0.15) is 0 Å². The Hall–Kier alpha value is -1.59. The van der Waals surface area contributed by atoms with Crippen LogP contribution in [0.1, 0.15) is 70.1 Å². The van der Waals surface area contributed by atoms with E-state index in [2.05, 4.69) is 17.1 Å². The number of hydrogen-bond donors (Lipinski definition) is 1. The van der Waals surface area contributed by atoms with Crippen LogP contribution in [0.5, 0.6) is 0 Å². The lowest BCUT2D eigenvalue weighted by molar-refractivity contribution is -0.146. The van der Waals surface area contributed by atoms with Crippen LogP contribution in [0.2, 0.25) is 0 Å². The minimum Gasteiger partial charge on any atom is -0.392 e. The maximum atomic E-state index is 13.1. The fourth-order valence-electron chi connectivity index (χ4n) is 4.06. The lowest BCUT2D eigenvalue weighted by atomic mass is 9.71. The van der Waals surface area contributed by atoms with Crippen LogP contribution in [0.15, 0.2) is 9.21 Å². The summed E-state index contributed by atoms with van der Waals surface area (Å²) in [5.74, 6) is 0.263. The molecule has 6 nitrogen and oxygen atoms in total. The number of piperidine rings is 1. The molecule has 1 aromatic rings. The molecule has 1 aliphatic carbocycles. The van der Waals surface area contributed by atoms with E-state index in [9.17, 15) is 9.59 Å². The van der Waals surface area contributed by atoms with Crippen molar-refractivity contribution < 1.29 is 9.21 Å². The Morgan fingerprint density at radius 3 is 2.77 bits per heavy atom. The van der Waals surface area contributed by atoms with Crippen LogP contribution in [-0.4, -0.2) is 34.1 Å². The number of H-pyrrole nitrogens is 1. The van der Waals surface area contributed by atoms with Crippen molar-refractivity contribution in [3.05, 3.63) is 16.4 Å². The highest BCUT2D eigenvalue weighted by Gasteiger charge is 2.42. The quantitative estimate of drug-likeness (QED) is 0.930. The van der Waals surface area contributed by atoms with Crippen molar-refractivity contribution >= 4 is 5.91 Å². The highest BCUT2D eigenvalue weighted by molar-refractivity contribution is 5.83. The molecule has 1 aliphatic heterocycles. The Morgan fingerprint density at radius 1 is 1.36 bits per heavy atom. The summed E-state index contributed by atoms with van der Waals surface area (Å²) in [6.45, 7) is 3.57. The van der Waals surface area contributed by atoms with E-state index in [1.54, 1.807) is 0 Å². The predicted octanol–water partition coefficient (Wildman–Crippen LogP) is 2.43. The molecule has 1 aromatic heterocycles. The number of nitrogens with zero attached hydrogens (tertiary/aromatic N) is 2. The van der Waals surface area contributed by atoms with Gasteiger partial charge in [0.2, 0.25) is 11.8 Å². The minimum atomic E-state index is -0.518. The summed E-state index contributed by atoms with van der Waals surface area (Å²) >= 11 is 0. The van der Waals surface area contributed by atoms with Gasteiger partial charge in [0, 0.05) is 18.5 Å². The van der Waals surface area contributed by atoms with Crippen molar-refractivity contribution in [3.8, 4) is 0 Å². The first-order chi connectivity index (χ1) is 10.6. The van der Waals surface area contributed by atoms with Gasteiger partial charge in [-0.1, -0.05) is 26.2 Å². The molecule has 1 saturated heterocycles. The van der Waals surface area contributed by atoms with Crippen molar-refractivity contribution in [2.24, 2.45) is 5.41 Å². The molecule has 6 heteroatoms. The van der Waals surface area contributed by atoms with E-state index in [0.29, 0.717) is 18.3 Å². The second-order valence-electron chi connectivity index (χ2n) is 6.74. The van der Waals surface area contributed by atoms with Gasteiger partial charge in [-0.3, -0.25) is 4.79 Å². The van der Waals surface area contributed by atoms with Crippen molar-refractivity contribution in [1.82, 2.24) is 15.1 Å². The molecule has 1 atom stereocenters. The molecule has 2 aliphatic rings. The third kappa shape index (κ3) is 2.83.